The van der Waals surface area contributed by atoms with Crippen LogP contribution in [-0.2, 0) is 16.4 Å². The standard InChI is InChI=1S/C12H16N4O2S2/c1-13-8-2-3-10-4-6-11(7-5-10)20(17,18)16-12-15-14-9-19-12/h4-7,9,13H,2-3,8H2,1H3,(H,15,16). The van der Waals surface area contributed by atoms with Crippen LogP contribution in [0.15, 0.2) is 34.7 Å². The summed E-state index contributed by atoms with van der Waals surface area (Å²) in [6, 6.07) is 6.89. The van der Waals surface area contributed by atoms with Crippen molar-refractivity contribution in [1.29, 1.82) is 0 Å². The van der Waals surface area contributed by atoms with Crippen LogP contribution in [0, 0.1) is 0 Å². The fraction of sp³-hybridized carbons (Fsp3) is 0.333. The summed E-state index contributed by atoms with van der Waals surface area (Å²) >= 11 is 1.14. The van der Waals surface area contributed by atoms with Crippen molar-refractivity contribution in [1.82, 2.24) is 15.5 Å². The van der Waals surface area contributed by atoms with Crippen molar-refractivity contribution in [2.45, 2.75) is 17.7 Å². The van der Waals surface area contributed by atoms with E-state index in [9.17, 15) is 8.42 Å². The molecule has 1 heterocycles. The van der Waals surface area contributed by atoms with Crippen LogP contribution in [0.2, 0.25) is 0 Å². The van der Waals surface area contributed by atoms with Gasteiger partial charge in [-0.1, -0.05) is 23.5 Å². The van der Waals surface area contributed by atoms with Gasteiger partial charge in [0.05, 0.1) is 4.90 Å². The van der Waals surface area contributed by atoms with Crippen LogP contribution in [-0.4, -0.2) is 32.2 Å². The number of benzene rings is 1. The average molecular weight is 312 g/mol. The first-order valence-corrected chi connectivity index (χ1v) is 8.50. The summed E-state index contributed by atoms with van der Waals surface area (Å²) in [7, 11) is -1.67. The van der Waals surface area contributed by atoms with E-state index in [2.05, 4.69) is 20.2 Å². The number of aromatic nitrogens is 2. The Labute approximate surface area is 122 Å². The van der Waals surface area contributed by atoms with Crippen LogP contribution < -0.4 is 10.0 Å². The number of nitrogens with one attached hydrogen (secondary N) is 2. The lowest BCUT2D eigenvalue weighted by Gasteiger charge is -2.06. The monoisotopic (exact) mass is 312 g/mol. The van der Waals surface area contributed by atoms with Crippen molar-refractivity contribution in [2.24, 2.45) is 0 Å². The van der Waals surface area contributed by atoms with E-state index in [0.717, 1.165) is 36.3 Å². The smallest absolute Gasteiger partial charge is 0.263 e. The zero-order valence-corrected chi connectivity index (χ0v) is 12.7. The third-order valence-corrected chi connectivity index (χ3v) is 4.80. The van der Waals surface area contributed by atoms with E-state index >= 15 is 0 Å². The van der Waals surface area contributed by atoms with E-state index in [1.807, 2.05) is 19.2 Å². The van der Waals surface area contributed by atoms with E-state index in [1.165, 1.54) is 5.51 Å². The number of nitrogens with zero attached hydrogens (tertiary/aromatic N) is 2. The zero-order valence-electron chi connectivity index (χ0n) is 11.0. The molecule has 0 radical (unpaired) electrons. The van der Waals surface area contributed by atoms with Gasteiger partial charge in [-0.15, -0.1) is 10.2 Å². The Balaban J connectivity index is 2.05. The SMILES string of the molecule is CNCCCc1ccc(S(=O)(=O)Nc2nncs2)cc1. The van der Waals surface area contributed by atoms with Crippen LogP contribution in [0.1, 0.15) is 12.0 Å². The highest BCUT2D eigenvalue weighted by Crippen LogP contribution is 2.17. The second kappa shape index (κ2) is 6.78. The minimum absolute atomic E-state index is 0.227. The number of hydrogen-bond acceptors (Lipinski definition) is 6. The largest absolute Gasteiger partial charge is 0.320 e. The van der Waals surface area contributed by atoms with E-state index in [4.69, 9.17) is 0 Å². The Hall–Kier alpha value is -1.51. The zero-order chi connectivity index (χ0) is 14.4. The second-order valence-electron chi connectivity index (χ2n) is 4.20. The summed E-state index contributed by atoms with van der Waals surface area (Å²) in [4.78, 5) is 0.227. The topological polar surface area (TPSA) is 84.0 Å². The number of rotatable bonds is 7. The molecule has 0 saturated carbocycles. The minimum atomic E-state index is -3.58. The minimum Gasteiger partial charge on any atom is -0.320 e. The maximum Gasteiger partial charge on any atom is 0.263 e. The lowest BCUT2D eigenvalue weighted by atomic mass is 10.1. The van der Waals surface area contributed by atoms with Gasteiger partial charge in [0.1, 0.15) is 5.51 Å². The molecule has 0 amide bonds. The Bertz CT molecular complexity index is 624. The van der Waals surface area contributed by atoms with E-state index in [-0.39, 0.29) is 10.0 Å². The van der Waals surface area contributed by atoms with Crippen molar-refractivity contribution < 1.29 is 8.42 Å². The molecule has 0 fully saturated rings. The number of anilines is 1. The Morgan fingerprint density at radius 1 is 1.25 bits per heavy atom. The highest BCUT2D eigenvalue weighted by atomic mass is 32.2. The average Bonchev–Trinajstić information content (AvgIpc) is 2.92. The van der Waals surface area contributed by atoms with Crippen molar-refractivity contribution in [3.63, 3.8) is 0 Å². The van der Waals surface area contributed by atoms with Gasteiger partial charge < -0.3 is 5.32 Å². The fourth-order valence-electron chi connectivity index (χ4n) is 1.70. The molecule has 0 aliphatic rings. The van der Waals surface area contributed by atoms with Crippen LogP contribution in [0.3, 0.4) is 0 Å². The molecule has 1 aromatic heterocycles. The Kier molecular flexibility index (Phi) is 5.05. The van der Waals surface area contributed by atoms with Gasteiger partial charge in [0.15, 0.2) is 0 Å². The molecule has 0 spiro atoms. The van der Waals surface area contributed by atoms with Gasteiger partial charge in [-0.2, -0.15) is 0 Å². The Morgan fingerprint density at radius 2 is 2.00 bits per heavy atom. The van der Waals surface area contributed by atoms with Gasteiger partial charge in [-0.25, -0.2) is 8.42 Å². The molecule has 0 bridgehead atoms. The molecule has 2 aromatic rings. The highest BCUT2D eigenvalue weighted by molar-refractivity contribution is 7.93. The third-order valence-electron chi connectivity index (χ3n) is 2.71. The van der Waals surface area contributed by atoms with Crippen LogP contribution in [0.5, 0.6) is 0 Å². The van der Waals surface area contributed by atoms with Gasteiger partial charge in [-0.3, -0.25) is 4.72 Å². The van der Waals surface area contributed by atoms with Crippen molar-refractivity contribution >= 4 is 26.5 Å². The quantitative estimate of drug-likeness (QED) is 0.757. The lowest BCUT2D eigenvalue weighted by molar-refractivity contribution is 0.601. The fourth-order valence-corrected chi connectivity index (χ4v) is 3.39. The molecule has 0 atom stereocenters. The first-order valence-electron chi connectivity index (χ1n) is 6.14. The molecule has 108 valence electrons. The first-order chi connectivity index (χ1) is 9.62. The summed E-state index contributed by atoms with van der Waals surface area (Å²) in [5.41, 5.74) is 2.60. The summed E-state index contributed by atoms with van der Waals surface area (Å²) < 4.78 is 26.6. The van der Waals surface area contributed by atoms with Crippen LogP contribution in [0.4, 0.5) is 5.13 Å². The lowest BCUT2D eigenvalue weighted by Crippen LogP contribution is -2.13. The second-order valence-corrected chi connectivity index (χ2v) is 6.72. The predicted octanol–water partition coefficient (Wildman–Crippen LogP) is 1.49. The van der Waals surface area contributed by atoms with E-state index < -0.39 is 10.0 Å². The molecule has 1 aromatic carbocycles. The molecule has 2 N–H and O–H groups in total. The van der Waals surface area contributed by atoms with Gasteiger partial charge in [0, 0.05) is 0 Å². The number of aryl methyl sites for hydroxylation is 1. The van der Waals surface area contributed by atoms with Crippen molar-refractivity contribution in [2.75, 3.05) is 18.3 Å². The van der Waals surface area contributed by atoms with Gasteiger partial charge in [0.25, 0.3) is 10.0 Å². The van der Waals surface area contributed by atoms with Gasteiger partial charge in [-0.05, 0) is 44.1 Å². The van der Waals surface area contributed by atoms with Crippen molar-refractivity contribution in [3.05, 3.63) is 35.3 Å². The van der Waals surface area contributed by atoms with Crippen LogP contribution >= 0.6 is 11.3 Å². The maximum atomic E-state index is 12.1. The third kappa shape index (κ3) is 3.99. The van der Waals surface area contributed by atoms with Gasteiger partial charge >= 0.3 is 0 Å². The maximum absolute atomic E-state index is 12.1. The first kappa shape index (κ1) is 14.9. The number of sulfonamides is 1. The molecule has 2 rings (SSSR count). The highest BCUT2D eigenvalue weighted by Gasteiger charge is 2.15. The molecular formula is C12H16N4O2S2. The predicted molar refractivity (Wildman–Crippen MR) is 79.4 cm³/mol. The molecule has 0 aliphatic heterocycles. The summed E-state index contributed by atoms with van der Waals surface area (Å²) in [5, 5.41) is 10.6. The normalized spacial score (nSPS) is 11.4. The van der Waals surface area contributed by atoms with Crippen LogP contribution in [0.25, 0.3) is 0 Å². The molecule has 6 nitrogen and oxygen atoms in total. The summed E-state index contributed by atoms with van der Waals surface area (Å²) in [5.74, 6) is 0. The molecule has 8 heteroatoms. The van der Waals surface area contributed by atoms with E-state index in [1.54, 1.807) is 12.1 Å². The molecule has 0 saturated heterocycles. The molecular weight excluding hydrogens is 296 g/mol. The summed E-state index contributed by atoms with van der Waals surface area (Å²) in [6.45, 7) is 0.943. The molecule has 20 heavy (non-hydrogen) atoms. The number of hydrogen-bond donors (Lipinski definition) is 2. The van der Waals surface area contributed by atoms with Gasteiger partial charge in [0.2, 0.25) is 5.13 Å². The molecule has 0 unspecified atom stereocenters. The van der Waals surface area contributed by atoms with Crippen molar-refractivity contribution in [3.8, 4) is 0 Å². The molecule has 0 aliphatic carbocycles. The van der Waals surface area contributed by atoms with E-state index in [0.29, 0.717) is 0 Å². The summed E-state index contributed by atoms with van der Waals surface area (Å²) in [6.07, 6.45) is 1.94. The Morgan fingerprint density at radius 3 is 2.60 bits per heavy atom.